The van der Waals surface area contributed by atoms with Crippen LogP contribution in [0.2, 0.25) is 0 Å². The van der Waals surface area contributed by atoms with Crippen LogP contribution in [0, 0.1) is 5.92 Å². The highest BCUT2D eigenvalue weighted by atomic mass is 16.6. The number of hydrogen-bond donors (Lipinski definition) is 0. The van der Waals surface area contributed by atoms with Crippen molar-refractivity contribution in [3.8, 4) is 5.75 Å². The average Bonchev–Trinajstić information content (AvgIpc) is 2.85. The fourth-order valence-electron chi connectivity index (χ4n) is 5.95. The molecule has 0 N–H and O–H groups in total. The lowest BCUT2D eigenvalue weighted by atomic mass is 9.84. The largest absolute Gasteiger partial charge is 0.497 e. The number of piperidine rings is 2. The predicted molar refractivity (Wildman–Crippen MR) is 144 cm³/mol. The van der Waals surface area contributed by atoms with E-state index in [1.165, 1.54) is 51.1 Å². The summed E-state index contributed by atoms with van der Waals surface area (Å²) in [6, 6.07) is 8.48. The Balaban J connectivity index is 1.15. The fourth-order valence-corrected chi connectivity index (χ4v) is 5.95. The van der Waals surface area contributed by atoms with Crippen LogP contribution < -0.4 is 4.74 Å². The lowest BCUT2D eigenvalue weighted by molar-refractivity contribution is -0.0131. The van der Waals surface area contributed by atoms with Gasteiger partial charge in [0.05, 0.1) is 7.11 Å². The van der Waals surface area contributed by atoms with Crippen molar-refractivity contribution in [2.45, 2.75) is 71.1 Å². The Morgan fingerprint density at radius 3 is 2.06 bits per heavy atom. The summed E-state index contributed by atoms with van der Waals surface area (Å²) >= 11 is 0. The van der Waals surface area contributed by atoms with Crippen LogP contribution in [0.15, 0.2) is 24.3 Å². The molecule has 1 amide bonds. The maximum Gasteiger partial charge on any atom is 0.410 e. The van der Waals surface area contributed by atoms with E-state index in [9.17, 15) is 4.79 Å². The Kier molecular flexibility index (Phi) is 8.84. The summed E-state index contributed by atoms with van der Waals surface area (Å²) in [5, 5.41) is 0. The lowest BCUT2D eigenvalue weighted by Gasteiger charge is -2.49. The van der Waals surface area contributed by atoms with Gasteiger partial charge >= 0.3 is 6.09 Å². The molecule has 0 spiro atoms. The molecule has 3 fully saturated rings. The maximum atomic E-state index is 12.4. The molecule has 36 heavy (non-hydrogen) atoms. The topological polar surface area (TPSA) is 48.5 Å². The van der Waals surface area contributed by atoms with E-state index in [1.807, 2.05) is 25.7 Å². The zero-order valence-corrected chi connectivity index (χ0v) is 23.3. The number of amides is 1. The van der Waals surface area contributed by atoms with Crippen molar-refractivity contribution in [1.29, 1.82) is 0 Å². The number of carbonyl (C=O) groups excluding carboxylic acids is 1. The highest BCUT2D eigenvalue weighted by Gasteiger charge is 2.39. The monoisotopic (exact) mass is 500 g/mol. The molecule has 0 radical (unpaired) electrons. The summed E-state index contributed by atoms with van der Waals surface area (Å²) < 4.78 is 10.9. The highest BCUT2D eigenvalue weighted by Crippen LogP contribution is 2.33. The zero-order valence-electron chi connectivity index (χ0n) is 23.3. The molecule has 1 aromatic carbocycles. The van der Waals surface area contributed by atoms with E-state index >= 15 is 0 Å². The van der Waals surface area contributed by atoms with Crippen molar-refractivity contribution < 1.29 is 14.3 Å². The molecule has 0 aliphatic carbocycles. The van der Waals surface area contributed by atoms with Crippen LogP contribution in [0.3, 0.4) is 0 Å². The molecule has 7 nitrogen and oxygen atoms in total. The number of rotatable bonds is 6. The van der Waals surface area contributed by atoms with E-state index in [1.54, 1.807) is 7.11 Å². The normalized spacial score (nSPS) is 23.0. The van der Waals surface area contributed by atoms with Gasteiger partial charge in [-0.15, -0.1) is 0 Å². The van der Waals surface area contributed by atoms with Crippen LogP contribution in [0.4, 0.5) is 4.79 Å². The first kappa shape index (κ1) is 27.2. The number of nitrogens with zero attached hydrogens (tertiary/aromatic N) is 4. The second-order valence-electron chi connectivity index (χ2n) is 12.3. The van der Waals surface area contributed by atoms with Crippen LogP contribution >= 0.6 is 0 Å². The van der Waals surface area contributed by atoms with E-state index in [0.717, 1.165) is 57.2 Å². The van der Waals surface area contributed by atoms with Crippen molar-refractivity contribution in [3.63, 3.8) is 0 Å². The van der Waals surface area contributed by atoms with Crippen molar-refractivity contribution in [3.05, 3.63) is 29.8 Å². The van der Waals surface area contributed by atoms with Crippen molar-refractivity contribution >= 4 is 6.09 Å². The Morgan fingerprint density at radius 1 is 0.917 bits per heavy atom. The van der Waals surface area contributed by atoms with Crippen molar-refractivity contribution in [2.75, 3.05) is 66.0 Å². The van der Waals surface area contributed by atoms with E-state index in [4.69, 9.17) is 9.47 Å². The molecular weight excluding hydrogens is 452 g/mol. The minimum absolute atomic E-state index is 0.160. The molecule has 0 aromatic heterocycles. The van der Waals surface area contributed by atoms with Gasteiger partial charge in [-0.1, -0.05) is 12.1 Å². The van der Waals surface area contributed by atoms with Gasteiger partial charge in [-0.2, -0.15) is 0 Å². The number of benzene rings is 1. The second kappa shape index (κ2) is 11.7. The molecule has 3 aliphatic heterocycles. The van der Waals surface area contributed by atoms with E-state index in [0.29, 0.717) is 0 Å². The average molecular weight is 501 g/mol. The van der Waals surface area contributed by atoms with Gasteiger partial charge in [0, 0.05) is 57.9 Å². The minimum Gasteiger partial charge on any atom is -0.497 e. The molecule has 0 saturated carbocycles. The smallest absolute Gasteiger partial charge is 0.410 e. The summed E-state index contributed by atoms with van der Waals surface area (Å²) in [5.41, 5.74) is 1.14. The first-order valence-electron chi connectivity index (χ1n) is 13.9. The molecule has 3 heterocycles. The van der Waals surface area contributed by atoms with E-state index in [2.05, 4.69) is 45.9 Å². The summed E-state index contributed by atoms with van der Waals surface area (Å²) in [5.74, 6) is 1.73. The number of piperazine rings is 1. The molecule has 4 rings (SSSR count). The van der Waals surface area contributed by atoms with Gasteiger partial charge in [-0.3, -0.25) is 9.80 Å². The lowest BCUT2D eigenvalue weighted by Crippen LogP contribution is -2.57. The molecule has 202 valence electrons. The summed E-state index contributed by atoms with van der Waals surface area (Å²) in [4.78, 5) is 22.3. The fraction of sp³-hybridized carbons (Fsp3) is 0.759. The van der Waals surface area contributed by atoms with Gasteiger partial charge in [0.1, 0.15) is 11.4 Å². The Hall–Kier alpha value is -1.83. The number of hydrogen-bond acceptors (Lipinski definition) is 6. The molecule has 0 unspecified atom stereocenters. The summed E-state index contributed by atoms with van der Waals surface area (Å²) in [7, 11) is 1.72. The van der Waals surface area contributed by atoms with Crippen molar-refractivity contribution in [1.82, 2.24) is 19.6 Å². The molecule has 3 aliphatic rings. The predicted octanol–water partition coefficient (Wildman–Crippen LogP) is 4.31. The molecule has 3 saturated heterocycles. The number of methoxy groups -OCH3 is 1. The van der Waals surface area contributed by atoms with Gasteiger partial charge in [0.25, 0.3) is 0 Å². The van der Waals surface area contributed by atoms with Crippen molar-refractivity contribution in [2.24, 2.45) is 5.92 Å². The van der Waals surface area contributed by atoms with Crippen LogP contribution in [0.1, 0.15) is 58.9 Å². The third-order valence-corrected chi connectivity index (χ3v) is 8.42. The first-order valence-corrected chi connectivity index (χ1v) is 13.9. The highest BCUT2D eigenvalue weighted by molar-refractivity contribution is 5.68. The first-order chi connectivity index (χ1) is 17.1. The Morgan fingerprint density at radius 2 is 1.50 bits per heavy atom. The third kappa shape index (κ3) is 7.36. The number of likely N-dealkylation sites (tertiary alicyclic amines) is 2. The molecule has 7 heteroatoms. The molecule has 1 aromatic rings. The zero-order chi connectivity index (χ0) is 25.8. The summed E-state index contributed by atoms with van der Waals surface area (Å²) in [6.45, 7) is 19.1. The minimum atomic E-state index is -0.428. The van der Waals surface area contributed by atoms with Gasteiger partial charge in [0.15, 0.2) is 0 Å². The Labute approximate surface area is 218 Å². The van der Waals surface area contributed by atoms with Crippen LogP contribution in [0.25, 0.3) is 0 Å². The van der Waals surface area contributed by atoms with Gasteiger partial charge in [0.2, 0.25) is 0 Å². The SMILES string of the molecule is COc1ccc(CN2CCN(CC3CCN(C4(C)CCN(C(=O)OC(C)(C)C)CC4)CC3)CC2)cc1. The van der Waals surface area contributed by atoms with E-state index in [-0.39, 0.29) is 11.6 Å². The molecule has 0 bridgehead atoms. The second-order valence-corrected chi connectivity index (χ2v) is 12.3. The summed E-state index contributed by atoms with van der Waals surface area (Å²) in [6.07, 6.45) is 4.49. The van der Waals surface area contributed by atoms with Crippen LogP contribution in [-0.4, -0.2) is 103 Å². The quantitative estimate of drug-likeness (QED) is 0.580. The third-order valence-electron chi connectivity index (χ3n) is 8.42. The molecular formula is C29H48N4O3. The van der Waals surface area contributed by atoms with Gasteiger partial charge < -0.3 is 19.3 Å². The van der Waals surface area contributed by atoms with Gasteiger partial charge in [-0.05, 0) is 90.1 Å². The number of ether oxygens (including phenoxy) is 2. The standard InChI is InChI=1S/C29H48N4O3/c1-28(2,3)36-27(34)32-16-12-29(4,13-17-32)33-14-10-25(11-15-33)23-31-20-18-30(19-21-31)22-24-6-8-26(35-5)9-7-24/h6-9,25H,10-23H2,1-5H3. The van der Waals surface area contributed by atoms with Crippen LogP contribution in [0.5, 0.6) is 5.75 Å². The van der Waals surface area contributed by atoms with Gasteiger partial charge in [-0.25, -0.2) is 4.79 Å². The van der Waals surface area contributed by atoms with E-state index < -0.39 is 5.60 Å². The maximum absolute atomic E-state index is 12.4. The molecule has 0 atom stereocenters. The Bertz CT molecular complexity index is 829. The number of carbonyl (C=O) groups is 1. The van der Waals surface area contributed by atoms with Crippen LogP contribution in [-0.2, 0) is 11.3 Å².